The van der Waals surface area contributed by atoms with Crippen LogP contribution in [0.3, 0.4) is 0 Å². The Bertz CT molecular complexity index is 506. The molecule has 1 N–H and O–H groups in total. The van der Waals surface area contributed by atoms with Crippen LogP contribution in [0.15, 0.2) is 12.1 Å². The van der Waals surface area contributed by atoms with Crippen molar-refractivity contribution < 1.29 is 21.9 Å². The first kappa shape index (κ1) is 14.8. The number of hydrogen-bond donors (Lipinski definition) is 1. The molecule has 0 atom stereocenters. The van der Waals surface area contributed by atoms with Gasteiger partial charge < -0.3 is 4.74 Å². The SMILES string of the molecule is CC(C)OCCS(=O)(=O)Nc1ccc(F)nc1F. The van der Waals surface area contributed by atoms with Crippen molar-refractivity contribution >= 4 is 15.7 Å². The predicted octanol–water partition coefficient (Wildman–Crippen LogP) is 1.53. The molecule has 0 radical (unpaired) electrons. The minimum atomic E-state index is -3.74. The van der Waals surface area contributed by atoms with Crippen LogP contribution in [0.5, 0.6) is 0 Å². The van der Waals surface area contributed by atoms with Gasteiger partial charge in [-0.3, -0.25) is 4.72 Å². The number of rotatable bonds is 6. The summed E-state index contributed by atoms with van der Waals surface area (Å²) in [5.74, 6) is -2.54. The van der Waals surface area contributed by atoms with Gasteiger partial charge in [0.2, 0.25) is 21.9 Å². The van der Waals surface area contributed by atoms with Crippen molar-refractivity contribution in [1.82, 2.24) is 4.98 Å². The van der Waals surface area contributed by atoms with E-state index >= 15 is 0 Å². The highest BCUT2D eigenvalue weighted by Gasteiger charge is 2.14. The molecular weight excluding hydrogens is 266 g/mol. The van der Waals surface area contributed by atoms with Crippen LogP contribution in [-0.4, -0.2) is 31.9 Å². The fourth-order valence-corrected chi connectivity index (χ4v) is 2.01. The van der Waals surface area contributed by atoms with Gasteiger partial charge in [0.25, 0.3) is 0 Å². The molecular formula is C10H14F2N2O3S. The molecule has 1 heterocycles. The molecule has 0 amide bonds. The number of nitrogens with zero attached hydrogens (tertiary/aromatic N) is 1. The maximum atomic E-state index is 13.1. The smallest absolute Gasteiger partial charge is 0.239 e. The molecule has 1 aromatic rings. The van der Waals surface area contributed by atoms with E-state index in [-0.39, 0.29) is 24.2 Å². The van der Waals surface area contributed by atoms with Crippen LogP contribution < -0.4 is 4.72 Å². The molecule has 0 saturated heterocycles. The summed E-state index contributed by atoms with van der Waals surface area (Å²) in [7, 11) is -3.74. The van der Waals surface area contributed by atoms with Crippen molar-refractivity contribution in [2.45, 2.75) is 20.0 Å². The quantitative estimate of drug-likeness (QED) is 0.802. The van der Waals surface area contributed by atoms with E-state index in [4.69, 9.17) is 4.74 Å². The zero-order valence-corrected chi connectivity index (χ0v) is 10.8. The first-order valence-corrected chi connectivity index (χ1v) is 6.89. The molecule has 0 aliphatic heterocycles. The van der Waals surface area contributed by atoms with Crippen molar-refractivity contribution in [2.75, 3.05) is 17.1 Å². The van der Waals surface area contributed by atoms with E-state index in [1.165, 1.54) is 0 Å². The van der Waals surface area contributed by atoms with Crippen molar-refractivity contribution in [1.29, 1.82) is 0 Å². The molecule has 1 aromatic heterocycles. The van der Waals surface area contributed by atoms with Gasteiger partial charge >= 0.3 is 0 Å². The lowest BCUT2D eigenvalue weighted by atomic mass is 10.4. The lowest BCUT2D eigenvalue weighted by Crippen LogP contribution is -2.22. The Morgan fingerprint density at radius 1 is 1.39 bits per heavy atom. The molecule has 0 bridgehead atoms. The second-order valence-electron chi connectivity index (χ2n) is 3.81. The Labute approximate surface area is 104 Å². The number of halogens is 2. The van der Waals surface area contributed by atoms with Crippen LogP contribution in [0.25, 0.3) is 0 Å². The first-order valence-electron chi connectivity index (χ1n) is 5.24. The van der Waals surface area contributed by atoms with E-state index in [1.54, 1.807) is 13.8 Å². The van der Waals surface area contributed by atoms with Crippen molar-refractivity contribution in [3.8, 4) is 0 Å². The maximum Gasteiger partial charge on any atom is 0.239 e. The highest BCUT2D eigenvalue weighted by Crippen LogP contribution is 2.13. The third kappa shape index (κ3) is 4.92. The molecule has 0 saturated carbocycles. The van der Waals surface area contributed by atoms with Gasteiger partial charge in [0.15, 0.2) is 0 Å². The largest absolute Gasteiger partial charge is 0.378 e. The van der Waals surface area contributed by atoms with Gasteiger partial charge in [0, 0.05) is 0 Å². The highest BCUT2D eigenvalue weighted by atomic mass is 32.2. The summed E-state index contributed by atoms with van der Waals surface area (Å²) in [4.78, 5) is 2.87. The second kappa shape index (κ2) is 6.05. The van der Waals surface area contributed by atoms with Gasteiger partial charge in [-0.15, -0.1) is 0 Å². The molecule has 0 aliphatic carbocycles. The number of hydrogen-bond acceptors (Lipinski definition) is 4. The Morgan fingerprint density at radius 2 is 2.06 bits per heavy atom. The van der Waals surface area contributed by atoms with E-state index < -0.39 is 21.9 Å². The van der Waals surface area contributed by atoms with Crippen LogP contribution in [0.2, 0.25) is 0 Å². The number of anilines is 1. The lowest BCUT2D eigenvalue weighted by molar-refractivity contribution is 0.0913. The Kier molecular flexibility index (Phi) is 4.97. The fraction of sp³-hybridized carbons (Fsp3) is 0.500. The summed E-state index contributed by atoms with van der Waals surface area (Å²) in [6.07, 6.45) is -0.0931. The molecule has 0 fully saturated rings. The van der Waals surface area contributed by atoms with Gasteiger partial charge in [-0.1, -0.05) is 0 Å². The first-order chi connectivity index (χ1) is 8.30. The molecule has 8 heteroatoms. The minimum absolute atomic E-state index is 0.0107. The van der Waals surface area contributed by atoms with Gasteiger partial charge in [0.1, 0.15) is 5.69 Å². The summed E-state index contributed by atoms with van der Waals surface area (Å²) in [5, 5.41) is 0. The molecule has 0 unspecified atom stereocenters. The van der Waals surface area contributed by atoms with Crippen LogP contribution in [0, 0.1) is 11.9 Å². The Balaban J connectivity index is 2.65. The maximum absolute atomic E-state index is 13.1. The second-order valence-corrected chi connectivity index (χ2v) is 5.65. The minimum Gasteiger partial charge on any atom is -0.378 e. The van der Waals surface area contributed by atoms with Crippen LogP contribution in [-0.2, 0) is 14.8 Å². The lowest BCUT2D eigenvalue weighted by Gasteiger charge is -2.10. The van der Waals surface area contributed by atoms with E-state index in [2.05, 4.69) is 4.98 Å². The van der Waals surface area contributed by atoms with E-state index in [0.717, 1.165) is 12.1 Å². The molecule has 0 spiro atoms. The van der Waals surface area contributed by atoms with E-state index in [9.17, 15) is 17.2 Å². The number of pyridine rings is 1. The third-order valence-corrected chi connectivity index (χ3v) is 3.12. The van der Waals surface area contributed by atoms with Gasteiger partial charge in [0.05, 0.1) is 18.5 Å². The molecule has 0 aliphatic rings. The van der Waals surface area contributed by atoms with Gasteiger partial charge in [-0.2, -0.15) is 13.8 Å². The van der Waals surface area contributed by atoms with Gasteiger partial charge in [-0.05, 0) is 26.0 Å². The average molecular weight is 280 g/mol. The van der Waals surface area contributed by atoms with Crippen molar-refractivity contribution in [2.24, 2.45) is 0 Å². The molecule has 5 nitrogen and oxygen atoms in total. The highest BCUT2D eigenvalue weighted by molar-refractivity contribution is 7.92. The summed E-state index contributed by atoms with van der Waals surface area (Å²) < 4.78 is 55.8. The topological polar surface area (TPSA) is 68.3 Å². The summed E-state index contributed by atoms with van der Waals surface area (Å²) >= 11 is 0. The normalized spacial score (nSPS) is 11.8. The van der Waals surface area contributed by atoms with Crippen molar-refractivity contribution in [3.63, 3.8) is 0 Å². The molecule has 1 rings (SSSR count). The molecule has 18 heavy (non-hydrogen) atoms. The summed E-state index contributed by atoms with van der Waals surface area (Å²) in [5.41, 5.74) is -0.388. The molecule has 102 valence electrons. The van der Waals surface area contributed by atoms with Crippen LogP contribution >= 0.6 is 0 Å². The number of nitrogens with one attached hydrogen (secondary N) is 1. The standard InChI is InChI=1S/C10H14F2N2O3S/c1-7(2)17-5-6-18(15,16)14-8-3-4-9(11)13-10(8)12/h3-4,7,14H,5-6H2,1-2H3. The van der Waals surface area contributed by atoms with E-state index in [1.807, 2.05) is 4.72 Å². The predicted molar refractivity (Wildman–Crippen MR) is 62.7 cm³/mol. The zero-order chi connectivity index (χ0) is 13.8. The Hall–Kier alpha value is -1.28. The van der Waals surface area contributed by atoms with E-state index in [0.29, 0.717) is 0 Å². The zero-order valence-electron chi connectivity index (χ0n) is 9.98. The Morgan fingerprint density at radius 3 is 2.61 bits per heavy atom. The van der Waals surface area contributed by atoms with Crippen LogP contribution in [0.4, 0.5) is 14.5 Å². The number of ether oxygens (including phenoxy) is 1. The third-order valence-electron chi connectivity index (χ3n) is 1.88. The molecule has 0 aromatic carbocycles. The summed E-state index contributed by atoms with van der Waals surface area (Å²) in [6, 6.07) is 1.84. The summed E-state index contributed by atoms with van der Waals surface area (Å²) in [6.45, 7) is 3.52. The fourth-order valence-electron chi connectivity index (χ4n) is 1.10. The average Bonchev–Trinajstić information content (AvgIpc) is 2.21. The van der Waals surface area contributed by atoms with Crippen molar-refractivity contribution in [3.05, 3.63) is 24.0 Å². The van der Waals surface area contributed by atoms with Crippen LogP contribution in [0.1, 0.15) is 13.8 Å². The van der Waals surface area contributed by atoms with Gasteiger partial charge in [-0.25, -0.2) is 8.42 Å². The number of aromatic nitrogens is 1. The number of sulfonamides is 1. The monoisotopic (exact) mass is 280 g/mol.